The van der Waals surface area contributed by atoms with E-state index in [1.807, 2.05) is 30.3 Å². The van der Waals surface area contributed by atoms with E-state index in [9.17, 15) is 4.79 Å². The number of benzene rings is 2. The largest absolute Gasteiger partial charge is 0.493 e. The topological polar surface area (TPSA) is 88.1 Å². The van der Waals surface area contributed by atoms with Gasteiger partial charge >= 0.3 is 0 Å². The highest BCUT2D eigenvalue weighted by atomic mass is 16.5. The molecule has 1 saturated carbocycles. The molecule has 0 saturated heterocycles. The molecule has 1 heterocycles. The van der Waals surface area contributed by atoms with Gasteiger partial charge in [0, 0.05) is 17.7 Å². The van der Waals surface area contributed by atoms with Crippen molar-refractivity contribution in [3.63, 3.8) is 0 Å². The minimum Gasteiger partial charge on any atom is -0.493 e. The zero-order valence-corrected chi connectivity index (χ0v) is 15.2. The van der Waals surface area contributed by atoms with E-state index in [-0.39, 0.29) is 25.1 Å². The van der Waals surface area contributed by atoms with Crippen molar-refractivity contribution in [3.8, 4) is 23.1 Å². The molecular formula is C23H23N3O3. The lowest BCUT2D eigenvalue weighted by atomic mass is 9.81. The first kappa shape index (κ1) is 20.2. The fraction of sp³-hybridized carbons (Fsp3) is 0.261. The molecular weight excluding hydrogens is 366 g/mol. The van der Waals surface area contributed by atoms with Crippen molar-refractivity contribution in [2.45, 2.75) is 26.3 Å². The number of ether oxygens (including phenoxy) is 1. The van der Waals surface area contributed by atoms with E-state index >= 15 is 0 Å². The molecule has 0 aliphatic heterocycles. The third-order valence-corrected chi connectivity index (χ3v) is 4.84. The SMILES string of the molecule is C.N#Cc1ccc(OCC2CC(NC(=O)c3cc(-c4ccccc4)no3)C2)cc1. The molecule has 0 unspecified atom stereocenters. The highest BCUT2D eigenvalue weighted by molar-refractivity contribution is 5.92. The summed E-state index contributed by atoms with van der Waals surface area (Å²) in [5.74, 6) is 1.12. The summed E-state index contributed by atoms with van der Waals surface area (Å²) in [6, 6.07) is 20.5. The van der Waals surface area contributed by atoms with Gasteiger partial charge in [-0.15, -0.1) is 0 Å². The summed E-state index contributed by atoms with van der Waals surface area (Å²) in [6.07, 6.45) is 1.73. The van der Waals surface area contributed by atoms with Crippen LogP contribution in [-0.4, -0.2) is 23.7 Å². The molecule has 1 fully saturated rings. The molecule has 2 aromatic carbocycles. The molecule has 148 valence electrons. The van der Waals surface area contributed by atoms with Crippen molar-refractivity contribution < 1.29 is 14.1 Å². The van der Waals surface area contributed by atoms with Crippen molar-refractivity contribution in [2.24, 2.45) is 5.92 Å². The lowest BCUT2D eigenvalue weighted by Crippen LogP contribution is -2.45. The Bertz CT molecular complexity index is 984. The Hall–Kier alpha value is -3.59. The van der Waals surface area contributed by atoms with E-state index in [0.717, 1.165) is 24.2 Å². The zero-order chi connectivity index (χ0) is 19.3. The van der Waals surface area contributed by atoms with Gasteiger partial charge in [-0.05, 0) is 43.0 Å². The Morgan fingerprint density at radius 1 is 1.17 bits per heavy atom. The van der Waals surface area contributed by atoms with Crippen LogP contribution in [0.25, 0.3) is 11.3 Å². The molecule has 6 heteroatoms. The third kappa shape index (κ3) is 4.82. The normalized spacial score (nSPS) is 17.3. The first-order valence-electron chi connectivity index (χ1n) is 9.17. The number of aromatic nitrogens is 1. The van der Waals surface area contributed by atoms with E-state index in [4.69, 9.17) is 14.5 Å². The van der Waals surface area contributed by atoms with Crippen molar-refractivity contribution >= 4 is 5.91 Å². The van der Waals surface area contributed by atoms with Gasteiger partial charge in [0.15, 0.2) is 0 Å². The van der Waals surface area contributed by atoms with Crippen LogP contribution < -0.4 is 10.1 Å². The maximum absolute atomic E-state index is 12.3. The molecule has 0 bridgehead atoms. The Morgan fingerprint density at radius 2 is 1.90 bits per heavy atom. The summed E-state index contributed by atoms with van der Waals surface area (Å²) < 4.78 is 10.9. The number of nitrogens with one attached hydrogen (secondary N) is 1. The van der Waals surface area contributed by atoms with Crippen LogP contribution in [-0.2, 0) is 0 Å². The number of carbonyl (C=O) groups is 1. The molecule has 1 aromatic heterocycles. The number of rotatable bonds is 6. The van der Waals surface area contributed by atoms with Gasteiger partial charge in [-0.2, -0.15) is 5.26 Å². The zero-order valence-electron chi connectivity index (χ0n) is 15.2. The highest BCUT2D eigenvalue weighted by Gasteiger charge is 2.31. The van der Waals surface area contributed by atoms with Crippen LogP contribution in [0.4, 0.5) is 0 Å². The van der Waals surface area contributed by atoms with E-state index in [1.165, 1.54) is 0 Å². The highest BCUT2D eigenvalue weighted by Crippen LogP contribution is 2.29. The second-order valence-electron chi connectivity index (χ2n) is 6.90. The van der Waals surface area contributed by atoms with Gasteiger partial charge in [-0.1, -0.05) is 42.9 Å². The number of carbonyl (C=O) groups excluding carboxylic acids is 1. The summed E-state index contributed by atoms with van der Waals surface area (Å²) in [4.78, 5) is 12.3. The standard InChI is InChI=1S/C22H19N3O3.CH4/c23-13-15-6-8-19(9-7-15)27-14-16-10-18(11-16)24-22(26)21-12-20(25-28-21)17-4-2-1-3-5-17;/h1-9,12,16,18H,10-11,14H2,(H,24,26);1H4. The first-order valence-corrected chi connectivity index (χ1v) is 9.17. The second kappa shape index (κ2) is 9.07. The van der Waals surface area contributed by atoms with Gasteiger partial charge in [-0.3, -0.25) is 4.79 Å². The van der Waals surface area contributed by atoms with Crippen molar-refractivity contribution in [1.82, 2.24) is 10.5 Å². The lowest BCUT2D eigenvalue weighted by molar-refractivity contribution is 0.0815. The molecule has 4 rings (SSSR count). The Labute approximate surface area is 170 Å². The Balaban J connectivity index is 0.00000240. The molecule has 29 heavy (non-hydrogen) atoms. The maximum atomic E-state index is 12.3. The van der Waals surface area contributed by atoms with E-state index in [1.54, 1.807) is 30.3 Å². The summed E-state index contributed by atoms with van der Waals surface area (Å²) in [6.45, 7) is 0.596. The Kier molecular flexibility index (Phi) is 6.30. The third-order valence-electron chi connectivity index (χ3n) is 4.84. The minimum atomic E-state index is -0.244. The molecule has 1 aliphatic rings. The van der Waals surface area contributed by atoms with Crippen LogP contribution in [0.15, 0.2) is 65.2 Å². The molecule has 1 N–H and O–H groups in total. The number of hydrogen-bond donors (Lipinski definition) is 1. The van der Waals surface area contributed by atoms with Gasteiger partial charge in [0.2, 0.25) is 5.76 Å². The Morgan fingerprint density at radius 3 is 2.59 bits per heavy atom. The van der Waals surface area contributed by atoms with E-state index in [2.05, 4.69) is 16.5 Å². The molecule has 1 aliphatic carbocycles. The van der Waals surface area contributed by atoms with Crippen LogP contribution >= 0.6 is 0 Å². The number of amides is 1. The predicted molar refractivity (Wildman–Crippen MR) is 109 cm³/mol. The molecule has 0 spiro atoms. The van der Waals surface area contributed by atoms with Gasteiger partial charge in [0.05, 0.1) is 18.2 Å². The smallest absolute Gasteiger partial charge is 0.290 e. The van der Waals surface area contributed by atoms with Crippen LogP contribution in [0.5, 0.6) is 5.75 Å². The molecule has 3 aromatic rings. The van der Waals surface area contributed by atoms with Gasteiger partial charge in [0.25, 0.3) is 5.91 Å². The molecule has 1 amide bonds. The fourth-order valence-corrected chi connectivity index (χ4v) is 3.21. The predicted octanol–water partition coefficient (Wildman–Crippen LogP) is 4.44. The fourth-order valence-electron chi connectivity index (χ4n) is 3.21. The molecule has 6 nitrogen and oxygen atoms in total. The summed E-state index contributed by atoms with van der Waals surface area (Å²) in [5, 5.41) is 15.8. The van der Waals surface area contributed by atoms with Crippen LogP contribution in [0.3, 0.4) is 0 Å². The van der Waals surface area contributed by atoms with Gasteiger partial charge < -0.3 is 14.6 Å². The average Bonchev–Trinajstić information content (AvgIpc) is 3.21. The summed E-state index contributed by atoms with van der Waals surface area (Å²) in [5.41, 5.74) is 2.17. The monoisotopic (exact) mass is 389 g/mol. The number of nitrogens with zero attached hydrogens (tertiary/aromatic N) is 2. The maximum Gasteiger partial charge on any atom is 0.290 e. The van der Waals surface area contributed by atoms with E-state index in [0.29, 0.717) is 23.8 Å². The number of hydrogen-bond acceptors (Lipinski definition) is 5. The summed E-state index contributed by atoms with van der Waals surface area (Å²) >= 11 is 0. The molecule has 0 atom stereocenters. The van der Waals surface area contributed by atoms with Gasteiger partial charge in [-0.25, -0.2) is 0 Å². The first-order chi connectivity index (χ1) is 13.7. The van der Waals surface area contributed by atoms with Crippen LogP contribution in [0.2, 0.25) is 0 Å². The van der Waals surface area contributed by atoms with Crippen LogP contribution in [0.1, 0.15) is 36.4 Å². The minimum absolute atomic E-state index is 0. The van der Waals surface area contributed by atoms with Crippen molar-refractivity contribution in [2.75, 3.05) is 6.61 Å². The summed E-state index contributed by atoms with van der Waals surface area (Å²) in [7, 11) is 0. The molecule has 0 radical (unpaired) electrons. The average molecular weight is 389 g/mol. The van der Waals surface area contributed by atoms with Gasteiger partial charge in [0.1, 0.15) is 11.4 Å². The van der Waals surface area contributed by atoms with Crippen molar-refractivity contribution in [1.29, 1.82) is 5.26 Å². The van der Waals surface area contributed by atoms with Crippen molar-refractivity contribution in [3.05, 3.63) is 72.0 Å². The number of nitriles is 1. The second-order valence-corrected chi connectivity index (χ2v) is 6.90. The van der Waals surface area contributed by atoms with E-state index < -0.39 is 0 Å². The lowest BCUT2D eigenvalue weighted by Gasteiger charge is -2.35. The van der Waals surface area contributed by atoms with Crippen LogP contribution in [0, 0.1) is 17.2 Å². The quantitative estimate of drug-likeness (QED) is 0.673.